The van der Waals surface area contributed by atoms with Crippen molar-refractivity contribution in [3.8, 4) is 0 Å². The van der Waals surface area contributed by atoms with Crippen LogP contribution in [0.1, 0.15) is 37.9 Å². The Morgan fingerprint density at radius 2 is 1.81 bits per heavy atom. The predicted octanol–water partition coefficient (Wildman–Crippen LogP) is 4.59. The lowest BCUT2D eigenvalue weighted by Crippen LogP contribution is -2.29. The smallest absolute Gasteiger partial charge is 0.338 e. The van der Waals surface area contributed by atoms with Crippen molar-refractivity contribution in [3.63, 3.8) is 0 Å². The molecule has 1 aliphatic heterocycles. The molecule has 1 aromatic heterocycles. The van der Waals surface area contributed by atoms with Crippen LogP contribution in [0.5, 0.6) is 0 Å². The van der Waals surface area contributed by atoms with Crippen LogP contribution in [0, 0.1) is 6.92 Å². The van der Waals surface area contributed by atoms with Crippen molar-refractivity contribution in [1.29, 1.82) is 0 Å². The highest BCUT2D eigenvalue weighted by atomic mass is 16.5. The second-order valence-corrected chi connectivity index (χ2v) is 7.23. The Labute approximate surface area is 158 Å². The Morgan fingerprint density at radius 1 is 1.11 bits per heavy atom. The summed E-state index contributed by atoms with van der Waals surface area (Å²) in [5.41, 5.74) is 5.46. The Morgan fingerprint density at radius 3 is 2.52 bits per heavy atom. The minimum absolute atomic E-state index is 0.183. The van der Waals surface area contributed by atoms with Crippen LogP contribution in [0.3, 0.4) is 0 Å². The zero-order chi connectivity index (χ0) is 19.1. The number of hydrogen-bond acceptors (Lipinski definition) is 4. The van der Waals surface area contributed by atoms with Crippen molar-refractivity contribution in [3.05, 3.63) is 70.9 Å². The second-order valence-electron chi connectivity index (χ2n) is 7.23. The van der Waals surface area contributed by atoms with Gasteiger partial charge in [-0.2, -0.15) is 0 Å². The number of carbonyl (C=O) groups excluding carboxylic acids is 1. The molecule has 0 aliphatic carbocycles. The summed E-state index contributed by atoms with van der Waals surface area (Å²) < 4.78 is 7.66. The molecule has 0 bridgehead atoms. The first-order valence-electron chi connectivity index (χ1n) is 9.18. The van der Waals surface area contributed by atoms with E-state index in [1.54, 1.807) is 0 Å². The van der Waals surface area contributed by atoms with Crippen LogP contribution in [0.15, 0.2) is 59.8 Å². The molecule has 1 atom stereocenters. The van der Waals surface area contributed by atoms with Crippen LogP contribution in [-0.4, -0.2) is 21.6 Å². The Hall–Kier alpha value is -3.08. The lowest BCUT2D eigenvalue weighted by Gasteiger charge is -2.30. The average molecular weight is 361 g/mol. The van der Waals surface area contributed by atoms with E-state index in [2.05, 4.69) is 41.1 Å². The van der Waals surface area contributed by atoms with E-state index in [1.807, 2.05) is 45.0 Å². The molecule has 2 heterocycles. The maximum atomic E-state index is 13.0. The van der Waals surface area contributed by atoms with Gasteiger partial charge in [-0.05, 0) is 45.4 Å². The van der Waals surface area contributed by atoms with E-state index in [4.69, 9.17) is 9.72 Å². The van der Waals surface area contributed by atoms with E-state index < -0.39 is 0 Å². The third kappa shape index (κ3) is 2.99. The molecule has 4 rings (SSSR count). The van der Waals surface area contributed by atoms with Gasteiger partial charge in [0, 0.05) is 5.70 Å². The number of allylic oxidation sites excluding steroid dienone is 1. The number of imidazole rings is 1. The number of nitrogens with zero attached hydrogens (tertiary/aromatic N) is 2. The number of ether oxygens (including phenoxy) is 1. The van der Waals surface area contributed by atoms with Crippen molar-refractivity contribution in [2.24, 2.45) is 0 Å². The van der Waals surface area contributed by atoms with Gasteiger partial charge in [0.1, 0.15) is 0 Å². The molecule has 0 saturated heterocycles. The number of para-hydroxylation sites is 2. The standard InChI is InChI=1S/C22H23N3O2/c1-13(2)27-21(26)19-15(4)23-22-24-17-7-5-6-8-18(17)25(22)20(19)16-11-9-14(3)10-12-16/h5-13,20H,1-4H3,(H,23,24)/t20-/m1/s1. The highest BCUT2D eigenvalue weighted by Gasteiger charge is 2.35. The molecule has 0 unspecified atom stereocenters. The summed E-state index contributed by atoms with van der Waals surface area (Å²) in [7, 11) is 0. The fourth-order valence-corrected chi connectivity index (χ4v) is 3.57. The number of rotatable bonds is 3. The Kier molecular flexibility index (Phi) is 4.22. The maximum absolute atomic E-state index is 13.0. The molecule has 0 spiro atoms. The largest absolute Gasteiger partial charge is 0.459 e. The van der Waals surface area contributed by atoms with Gasteiger partial charge >= 0.3 is 5.97 Å². The lowest BCUT2D eigenvalue weighted by molar-refractivity contribution is -0.143. The first-order chi connectivity index (χ1) is 13.0. The third-order valence-electron chi connectivity index (χ3n) is 4.79. The minimum atomic E-state index is -0.302. The average Bonchev–Trinajstić information content (AvgIpc) is 2.98. The van der Waals surface area contributed by atoms with Crippen LogP contribution in [0.25, 0.3) is 11.0 Å². The molecule has 2 aromatic carbocycles. The SMILES string of the molecule is CC1=C(C(=O)OC(C)C)[C@@H](c2ccc(C)cc2)n2c(nc3ccccc32)N1. The summed E-state index contributed by atoms with van der Waals surface area (Å²) in [4.78, 5) is 17.7. The summed E-state index contributed by atoms with van der Waals surface area (Å²) in [5.74, 6) is 0.435. The van der Waals surface area contributed by atoms with E-state index in [9.17, 15) is 4.79 Å². The molecule has 0 radical (unpaired) electrons. The normalized spacial score (nSPS) is 16.4. The van der Waals surface area contributed by atoms with Gasteiger partial charge in [0.2, 0.25) is 5.95 Å². The quantitative estimate of drug-likeness (QED) is 0.694. The summed E-state index contributed by atoms with van der Waals surface area (Å²) in [6.07, 6.45) is -0.183. The van der Waals surface area contributed by atoms with Gasteiger partial charge in [-0.1, -0.05) is 42.0 Å². The third-order valence-corrected chi connectivity index (χ3v) is 4.79. The molecule has 27 heavy (non-hydrogen) atoms. The first-order valence-corrected chi connectivity index (χ1v) is 9.18. The van der Waals surface area contributed by atoms with E-state index in [0.717, 1.165) is 28.2 Å². The van der Waals surface area contributed by atoms with Crippen LogP contribution >= 0.6 is 0 Å². The van der Waals surface area contributed by atoms with Gasteiger partial charge in [0.25, 0.3) is 0 Å². The molecule has 138 valence electrons. The lowest BCUT2D eigenvalue weighted by atomic mass is 9.94. The van der Waals surface area contributed by atoms with Crippen molar-refractivity contribution in [2.45, 2.75) is 39.8 Å². The number of aryl methyl sites for hydroxylation is 1. The topological polar surface area (TPSA) is 56.2 Å². The van der Waals surface area contributed by atoms with Gasteiger partial charge in [0.05, 0.1) is 28.8 Å². The zero-order valence-electron chi connectivity index (χ0n) is 16.0. The monoisotopic (exact) mass is 361 g/mol. The minimum Gasteiger partial charge on any atom is -0.459 e. The van der Waals surface area contributed by atoms with E-state index in [-0.39, 0.29) is 18.1 Å². The fraction of sp³-hybridized carbons (Fsp3) is 0.273. The molecular weight excluding hydrogens is 338 g/mol. The number of hydrogen-bond donors (Lipinski definition) is 1. The number of nitrogens with one attached hydrogen (secondary N) is 1. The number of anilines is 1. The van der Waals surface area contributed by atoms with Gasteiger partial charge < -0.3 is 10.1 Å². The maximum Gasteiger partial charge on any atom is 0.338 e. The molecule has 0 fully saturated rings. The molecule has 0 amide bonds. The zero-order valence-corrected chi connectivity index (χ0v) is 16.0. The molecule has 1 aliphatic rings. The Balaban J connectivity index is 1.95. The highest BCUT2D eigenvalue weighted by molar-refractivity contribution is 5.94. The first kappa shape index (κ1) is 17.3. The van der Waals surface area contributed by atoms with Crippen molar-refractivity contribution < 1.29 is 9.53 Å². The number of fused-ring (bicyclic) bond motifs is 3. The molecule has 5 nitrogen and oxygen atoms in total. The number of aromatic nitrogens is 2. The van der Waals surface area contributed by atoms with E-state index >= 15 is 0 Å². The molecular formula is C22H23N3O2. The molecule has 5 heteroatoms. The number of esters is 1. The molecule has 0 saturated carbocycles. The van der Waals surface area contributed by atoms with Crippen molar-refractivity contribution >= 4 is 23.0 Å². The highest BCUT2D eigenvalue weighted by Crippen LogP contribution is 2.39. The van der Waals surface area contributed by atoms with E-state index in [1.165, 1.54) is 5.56 Å². The summed E-state index contributed by atoms with van der Waals surface area (Å²) >= 11 is 0. The van der Waals surface area contributed by atoms with Crippen LogP contribution in [0.2, 0.25) is 0 Å². The van der Waals surface area contributed by atoms with Crippen molar-refractivity contribution in [2.75, 3.05) is 5.32 Å². The van der Waals surface area contributed by atoms with Gasteiger partial charge in [-0.15, -0.1) is 0 Å². The fourth-order valence-electron chi connectivity index (χ4n) is 3.57. The Bertz CT molecular complexity index is 1050. The summed E-state index contributed by atoms with van der Waals surface area (Å²) in [6, 6.07) is 15.9. The van der Waals surface area contributed by atoms with Crippen LogP contribution < -0.4 is 5.32 Å². The predicted molar refractivity (Wildman–Crippen MR) is 107 cm³/mol. The molecule has 1 N–H and O–H groups in total. The van der Waals surface area contributed by atoms with E-state index in [0.29, 0.717) is 5.57 Å². The number of benzene rings is 2. The summed E-state index contributed by atoms with van der Waals surface area (Å²) in [6.45, 7) is 7.69. The van der Waals surface area contributed by atoms with Crippen LogP contribution in [0.4, 0.5) is 5.95 Å². The summed E-state index contributed by atoms with van der Waals surface area (Å²) in [5, 5.41) is 3.30. The molecule has 3 aromatic rings. The second kappa shape index (κ2) is 6.58. The van der Waals surface area contributed by atoms with Gasteiger partial charge in [0.15, 0.2) is 0 Å². The van der Waals surface area contributed by atoms with Gasteiger partial charge in [-0.25, -0.2) is 9.78 Å². The van der Waals surface area contributed by atoms with Crippen LogP contribution in [-0.2, 0) is 9.53 Å². The number of carbonyl (C=O) groups is 1. The van der Waals surface area contributed by atoms with Gasteiger partial charge in [-0.3, -0.25) is 4.57 Å². The van der Waals surface area contributed by atoms with Crippen molar-refractivity contribution in [1.82, 2.24) is 9.55 Å².